The second kappa shape index (κ2) is 6.57. The van der Waals surface area contributed by atoms with Crippen molar-refractivity contribution in [3.8, 4) is 5.75 Å². The lowest BCUT2D eigenvalue weighted by molar-refractivity contribution is 0.0923. The summed E-state index contributed by atoms with van der Waals surface area (Å²) in [5.41, 5.74) is 2.08. The Morgan fingerprint density at radius 3 is 2.71 bits per heavy atom. The van der Waals surface area contributed by atoms with Crippen LogP contribution in [0.15, 0.2) is 53.0 Å². The van der Waals surface area contributed by atoms with E-state index in [9.17, 15) is 5.11 Å². The summed E-state index contributed by atoms with van der Waals surface area (Å²) >= 11 is 3.46. The number of halogens is 1. The summed E-state index contributed by atoms with van der Waals surface area (Å²) in [5.74, 6) is 2.37. The Balaban J connectivity index is 1.51. The zero-order chi connectivity index (χ0) is 16.5. The van der Waals surface area contributed by atoms with Gasteiger partial charge in [0.25, 0.3) is 0 Å². The van der Waals surface area contributed by atoms with Gasteiger partial charge in [0.05, 0.1) is 22.1 Å². The second-order valence-electron chi connectivity index (χ2n) is 6.24. The van der Waals surface area contributed by atoms with Crippen LogP contribution < -0.4 is 4.74 Å². The Labute approximate surface area is 149 Å². The lowest BCUT2D eigenvalue weighted by Gasteiger charge is -2.16. The van der Waals surface area contributed by atoms with Gasteiger partial charge in [0.15, 0.2) is 0 Å². The smallest absolute Gasteiger partial charge is 0.133 e. The molecule has 1 N–H and O–H groups in total. The number of benzene rings is 2. The maximum Gasteiger partial charge on any atom is 0.133 e. The minimum absolute atomic E-state index is 0.249. The third-order valence-electron chi connectivity index (χ3n) is 4.29. The number of hydrogen-bond donors (Lipinski definition) is 1. The van der Waals surface area contributed by atoms with Gasteiger partial charge in [0.1, 0.15) is 24.3 Å². The SMILES string of the molecule is OC(COc1ccccc1Br)Cn1c(C2CC2)nc2ccccc21. The molecule has 0 aliphatic heterocycles. The molecule has 4 rings (SSSR count). The highest BCUT2D eigenvalue weighted by atomic mass is 79.9. The number of rotatable bonds is 6. The van der Waals surface area contributed by atoms with Crippen molar-refractivity contribution in [1.82, 2.24) is 9.55 Å². The van der Waals surface area contributed by atoms with E-state index in [4.69, 9.17) is 9.72 Å². The molecule has 2 aromatic carbocycles. The highest BCUT2D eigenvalue weighted by Gasteiger charge is 2.30. The van der Waals surface area contributed by atoms with Crippen molar-refractivity contribution in [2.24, 2.45) is 0 Å². The summed E-state index contributed by atoms with van der Waals surface area (Å²) in [5, 5.41) is 10.5. The van der Waals surface area contributed by atoms with Crippen LogP contribution in [0, 0.1) is 0 Å². The maximum atomic E-state index is 10.5. The molecule has 1 heterocycles. The molecule has 1 aliphatic carbocycles. The van der Waals surface area contributed by atoms with Gasteiger partial charge in [0.2, 0.25) is 0 Å². The first-order chi connectivity index (χ1) is 11.7. The van der Waals surface area contributed by atoms with Crippen LogP contribution in [0.5, 0.6) is 5.75 Å². The van der Waals surface area contributed by atoms with Crippen molar-refractivity contribution in [2.45, 2.75) is 31.4 Å². The number of hydrogen-bond acceptors (Lipinski definition) is 3. The van der Waals surface area contributed by atoms with E-state index in [2.05, 4.69) is 26.6 Å². The average molecular weight is 387 g/mol. The molecule has 1 aliphatic rings. The van der Waals surface area contributed by atoms with E-state index < -0.39 is 6.10 Å². The van der Waals surface area contributed by atoms with Crippen LogP contribution in [0.2, 0.25) is 0 Å². The Hall–Kier alpha value is -1.85. The number of imidazole rings is 1. The third-order valence-corrected chi connectivity index (χ3v) is 4.94. The molecule has 0 amide bonds. The predicted octanol–water partition coefficient (Wildman–Crippen LogP) is 4.12. The van der Waals surface area contributed by atoms with Crippen molar-refractivity contribution in [3.05, 3.63) is 58.8 Å². The van der Waals surface area contributed by atoms with Crippen LogP contribution in [0.4, 0.5) is 0 Å². The molecule has 124 valence electrons. The quantitative estimate of drug-likeness (QED) is 0.692. The topological polar surface area (TPSA) is 47.3 Å². The fourth-order valence-electron chi connectivity index (χ4n) is 2.95. The Bertz CT molecular complexity index is 857. The second-order valence-corrected chi connectivity index (χ2v) is 7.09. The van der Waals surface area contributed by atoms with Gasteiger partial charge in [-0.15, -0.1) is 0 Å². The Morgan fingerprint density at radius 2 is 1.92 bits per heavy atom. The van der Waals surface area contributed by atoms with E-state index in [1.54, 1.807) is 0 Å². The standard InChI is InChI=1S/C19H19BrN2O2/c20-15-5-1-4-8-18(15)24-12-14(23)11-22-17-7-3-2-6-16(17)21-19(22)13-9-10-13/h1-8,13-14,23H,9-12H2. The number of para-hydroxylation sites is 3. The highest BCUT2D eigenvalue weighted by Crippen LogP contribution is 2.40. The first-order valence-electron chi connectivity index (χ1n) is 8.23. The zero-order valence-corrected chi connectivity index (χ0v) is 14.8. The van der Waals surface area contributed by atoms with E-state index in [1.807, 2.05) is 42.5 Å². The Kier molecular flexibility index (Phi) is 4.29. The van der Waals surface area contributed by atoms with Crippen LogP contribution in [0.3, 0.4) is 0 Å². The summed E-state index contributed by atoms with van der Waals surface area (Å²) in [6.07, 6.45) is 1.78. The minimum atomic E-state index is -0.591. The summed E-state index contributed by atoms with van der Waals surface area (Å²) in [6.45, 7) is 0.746. The van der Waals surface area contributed by atoms with Crippen molar-refractivity contribution < 1.29 is 9.84 Å². The molecule has 1 unspecified atom stereocenters. The van der Waals surface area contributed by atoms with Crippen molar-refractivity contribution in [1.29, 1.82) is 0 Å². The number of aliphatic hydroxyl groups is 1. The first-order valence-corrected chi connectivity index (χ1v) is 9.02. The van der Waals surface area contributed by atoms with Crippen molar-refractivity contribution in [2.75, 3.05) is 6.61 Å². The van der Waals surface area contributed by atoms with Crippen LogP contribution in [0.25, 0.3) is 11.0 Å². The molecule has 0 radical (unpaired) electrons. The zero-order valence-electron chi connectivity index (χ0n) is 13.2. The molecule has 0 bridgehead atoms. The largest absolute Gasteiger partial charge is 0.490 e. The third kappa shape index (κ3) is 3.19. The molecule has 5 heteroatoms. The van der Waals surface area contributed by atoms with Crippen LogP contribution in [-0.4, -0.2) is 27.4 Å². The molecule has 0 spiro atoms. The molecule has 0 saturated heterocycles. The van der Waals surface area contributed by atoms with Gasteiger partial charge in [-0.3, -0.25) is 0 Å². The highest BCUT2D eigenvalue weighted by molar-refractivity contribution is 9.10. The van der Waals surface area contributed by atoms with Gasteiger partial charge in [-0.05, 0) is 53.0 Å². The molecule has 1 atom stereocenters. The number of aromatic nitrogens is 2. The van der Waals surface area contributed by atoms with Crippen molar-refractivity contribution >= 4 is 27.0 Å². The summed E-state index contributed by atoms with van der Waals surface area (Å²) in [4.78, 5) is 4.76. The average Bonchev–Trinajstić information content (AvgIpc) is 3.37. The van der Waals surface area contributed by atoms with Crippen LogP contribution in [0.1, 0.15) is 24.6 Å². The lowest BCUT2D eigenvalue weighted by atomic mass is 10.3. The molecule has 1 fully saturated rings. The minimum Gasteiger partial charge on any atom is -0.490 e. The van der Waals surface area contributed by atoms with Gasteiger partial charge in [-0.2, -0.15) is 0 Å². The van der Waals surface area contributed by atoms with E-state index in [0.717, 1.165) is 27.1 Å². The van der Waals surface area contributed by atoms with Gasteiger partial charge in [0, 0.05) is 5.92 Å². The Morgan fingerprint density at radius 1 is 1.17 bits per heavy atom. The molecule has 3 aromatic rings. The van der Waals surface area contributed by atoms with Gasteiger partial charge in [-0.25, -0.2) is 4.98 Å². The number of ether oxygens (including phenoxy) is 1. The van der Waals surface area contributed by atoms with Gasteiger partial charge < -0.3 is 14.4 Å². The summed E-state index contributed by atoms with van der Waals surface area (Å²) < 4.78 is 8.79. The van der Waals surface area contributed by atoms with E-state index in [1.165, 1.54) is 12.8 Å². The van der Waals surface area contributed by atoms with E-state index in [0.29, 0.717) is 12.5 Å². The summed E-state index contributed by atoms with van der Waals surface area (Å²) in [6, 6.07) is 15.8. The number of fused-ring (bicyclic) bond motifs is 1. The molecule has 1 aromatic heterocycles. The molecule has 1 saturated carbocycles. The number of nitrogens with zero attached hydrogens (tertiary/aromatic N) is 2. The van der Waals surface area contributed by atoms with Crippen LogP contribution >= 0.6 is 15.9 Å². The van der Waals surface area contributed by atoms with Crippen LogP contribution in [-0.2, 0) is 6.54 Å². The molecular formula is C19H19BrN2O2. The normalized spacial score (nSPS) is 15.6. The fourth-order valence-corrected chi connectivity index (χ4v) is 3.35. The van der Waals surface area contributed by atoms with Gasteiger partial charge >= 0.3 is 0 Å². The predicted molar refractivity (Wildman–Crippen MR) is 97.4 cm³/mol. The molecular weight excluding hydrogens is 368 g/mol. The van der Waals surface area contributed by atoms with E-state index >= 15 is 0 Å². The molecule has 4 nitrogen and oxygen atoms in total. The maximum absolute atomic E-state index is 10.5. The fraction of sp³-hybridized carbons (Fsp3) is 0.316. The van der Waals surface area contributed by atoms with Gasteiger partial charge in [-0.1, -0.05) is 24.3 Å². The summed E-state index contributed by atoms with van der Waals surface area (Å²) in [7, 11) is 0. The molecule has 24 heavy (non-hydrogen) atoms. The lowest BCUT2D eigenvalue weighted by Crippen LogP contribution is -2.24. The monoisotopic (exact) mass is 386 g/mol. The first kappa shape index (κ1) is 15.7. The van der Waals surface area contributed by atoms with Crippen molar-refractivity contribution in [3.63, 3.8) is 0 Å². The van der Waals surface area contributed by atoms with E-state index in [-0.39, 0.29) is 6.61 Å². The number of aliphatic hydroxyl groups excluding tert-OH is 1.